The molecular formula is C17H36N2O. The summed E-state index contributed by atoms with van der Waals surface area (Å²) in [6, 6.07) is 0. The van der Waals surface area contributed by atoms with Gasteiger partial charge in [-0.3, -0.25) is 0 Å². The topological polar surface area (TPSA) is 24.5 Å². The molecule has 0 spiro atoms. The lowest BCUT2D eigenvalue weighted by Crippen LogP contribution is -2.51. The first kappa shape index (κ1) is 17.9. The fourth-order valence-electron chi connectivity index (χ4n) is 2.86. The number of nitrogens with one attached hydrogen (secondary N) is 1. The van der Waals surface area contributed by atoms with Gasteiger partial charge in [0.2, 0.25) is 0 Å². The molecule has 0 aliphatic carbocycles. The first-order chi connectivity index (χ1) is 9.19. The van der Waals surface area contributed by atoms with Crippen LogP contribution in [0.2, 0.25) is 0 Å². The summed E-state index contributed by atoms with van der Waals surface area (Å²) < 4.78 is 5.64. The average molecular weight is 284 g/mol. The Morgan fingerprint density at radius 2 is 1.90 bits per heavy atom. The van der Waals surface area contributed by atoms with E-state index in [0.29, 0.717) is 17.4 Å². The fourth-order valence-corrected chi connectivity index (χ4v) is 2.86. The Hall–Kier alpha value is -0.120. The highest BCUT2D eigenvalue weighted by Crippen LogP contribution is 2.26. The minimum atomic E-state index is 0.196. The molecule has 1 fully saturated rings. The monoisotopic (exact) mass is 284 g/mol. The lowest BCUT2D eigenvalue weighted by molar-refractivity contribution is -0.0173. The van der Waals surface area contributed by atoms with Gasteiger partial charge in [0.05, 0.1) is 6.10 Å². The number of rotatable bonds is 6. The lowest BCUT2D eigenvalue weighted by Gasteiger charge is -2.42. The quantitative estimate of drug-likeness (QED) is 0.811. The number of hydrogen-bond acceptors (Lipinski definition) is 3. The van der Waals surface area contributed by atoms with Crippen LogP contribution in [-0.4, -0.2) is 49.8 Å². The van der Waals surface area contributed by atoms with Gasteiger partial charge in [-0.1, -0.05) is 20.8 Å². The SMILES string of the molecule is CCC(C)(CNC(C)(C)C)CN1CCC(C)C(OC)C1. The van der Waals surface area contributed by atoms with Crippen LogP contribution in [0.15, 0.2) is 0 Å². The smallest absolute Gasteiger partial charge is 0.0724 e. The largest absolute Gasteiger partial charge is 0.380 e. The molecule has 3 atom stereocenters. The van der Waals surface area contributed by atoms with E-state index >= 15 is 0 Å². The molecule has 1 N–H and O–H groups in total. The molecular weight excluding hydrogens is 248 g/mol. The second-order valence-electron chi connectivity index (χ2n) is 8.04. The maximum absolute atomic E-state index is 5.64. The summed E-state index contributed by atoms with van der Waals surface area (Å²) in [6.07, 6.45) is 2.87. The minimum absolute atomic E-state index is 0.196. The highest BCUT2D eigenvalue weighted by Gasteiger charge is 2.31. The second kappa shape index (κ2) is 7.24. The number of methoxy groups -OCH3 is 1. The molecule has 1 aliphatic heterocycles. The number of nitrogens with zero attached hydrogens (tertiary/aromatic N) is 1. The second-order valence-corrected chi connectivity index (χ2v) is 8.04. The van der Waals surface area contributed by atoms with Crippen LogP contribution < -0.4 is 5.32 Å². The van der Waals surface area contributed by atoms with Gasteiger partial charge in [-0.25, -0.2) is 0 Å². The van der Waals surface area contributed by atoms with E-state index in [1.807, 2.05) is 7.11 Å². The van der Waals surface area contributed by atoms with E-state index in [2.05, 4.69) is 51.8 Å². The number of hydrogen-bond donors (Lipinski definition) is 1. The first-order valence-electron chi connectivity index (χ1n) is 8.19. The Labute approximate surface area is 126 Å². The van der Waals surface area contributed by atoms with Crippen LogP contribution in [0, 0.1) is 11.3 Å². The molecule has 0 saturated carbocycles. The predicted molar refractivity (Wildman–Crippen MR) is 87.2 cm³/mol. The summed E-state index contributed by atoms with van der Waals surface area (Å²) in [5.74, 6) is 0.692. The van der Waals surface area contributed by atoms with Crippen LogP contribution in [0.1, 0.15) is 54.4 Å². The molecule has 0 aromatic heterocycles. The van der Waals surface area contributed by atoms with Gasteiger partial charge in [0, 0.05) is 32.3 Å². The number of likely N-dealkylation sites (tertiary alicyclic amines) is 1. The van der Waals surface area contributed by atoms with Crippen LogP contribution in [0.4, 0.5) is 0 Å². The van der Waals surface area contributed by atoms with Crippen molar-refractivity contribution in [1.82, 2.24) is 10.2 Å². The standard InChI is InChI=1S/C17H36N2O/c1-8-17(6,12-18-16(3,4)5)13-19-10-9-14(2)15(11-19)20-7/h14-15,18H,8-13H2,1-7H3. The highest BCUT2D eigenvalue weighted by atomic mass is 16.5. The van der Waals surface area contributed by atoms with Crippen molar-refractivity contribution >= 4 is 0 Å². The summed E-state index contributed by atoms with van der Waals surface area (Å²) in [5.41, 5.74) is 0.536. The molecule has 0 aromatic rings. The zero-order chi connectivity index (χ0) is 15.4. The Morgan fingerprint density at radius 3 is 2.40 bits per heavy atom. The van der Waals surface area contributed by atoms with E-state index in [0.717, 1.165) is 13.1 Å². The molecule has 1 heterocycles. The maximum Gasteiger partial charge on any atom is 0.0724 e. The highest BCUT2D eigenvalue weighted by molar-refractivity contribution is 4.86. The van der Waals surface area contributed by atoms with Crippen molar-refractivity contribution in [2.75, 3.05) is 33.3 Å². The van der Waals surface area contributed by atoms with Gasteiger partial charge in [-0.05, 0) is 51.5 Å². The van der Waals surface area contributed by atoms with E-state index in [9.17, 15) is 0 Å². The first-order valence-corrected chi connectivity index (χ1v) is 8.19. The zero-order valence-corrected chi connectivity index (χ0v) is 14.8. The van der Waals surface area contributed by atoms with Crippen molar-refractivity contribution in [2.24, 2.45) is 11.3 Å². The van der Waals surface area contributed by atoms with Crippen molar-refractivity contribution in [1.29, 1.82) is 0 Å². The molecule has 120 valence electrons. The molecule has 20 heavy (non-hydrogen) atoms. The summed E-state index contributed by atoms with van der Waals surface area (Å²) in [4.78, 5) is 2.60. The summed E-state index contributed by atoms with van der Waals surface area (Å²) in [6.45, 7) is 18.3. The van der Waals surface area contributed by atoms with E-state index < -0.39 is 0 Å². The normalized spacial score (nSPS) is 28.4. The Bertz CT molecular complexity index is 287. The lowest BCUT2D eigenvalue weighted by atomic mass is 9.84. The van der Waals surface area contributed by atoms with Gasteiger partial charge in [-0.2, -0.15) is 0 Å². The third kappa shape index (κ3) is 5.71. The molecule has 3 heteroatoms. The average Bonchev–Trinajstić information content (AvgIpc) is 2.38. The molecule has 1 rings (SSSR count). The van der Waals surface area contributed by atoms with Crippen LogP contribution >= 0.6 is 0 Å². The predicted octanol–water partition coefficient (Wildman–Crippen LogP) is 3.15. The van der Waals surface area contributed by atoms with E-state index in [4.69, 9.17) is 4.74 Å². The van der Waals surface area contributed by atoms with Crippen molar-refractivity contribution in [3.8, 4) is 0 Å². The van der Waals surface area contributed by atoms with Gasteiger partial charge >= 0.3 is 0 Å². The molecule has 0 radical (unpaired) electrons. The summed E-state index contributed by atoms with van der Waals surface area (Å²) in [5, 5.41) is 3.68. The van der Waals surface area contributed by atoms with Gasteiger partial charge < -0.3 is 15.0 Å². The van der Waals surface area contributed by atoms with E-state index in [-0.39, 0.29) is 5.54 Å². The van der Waals surface area contributed by atoms with Crippen LogP contribution in [0.3, 0.4) is 0 Å². The van der Waals surface area contributed by atoms with Gasteiger partial charge in [0.1, 0.15) is 0 Å². The molecule has 1 saturated heterocycles. The number of piperidine rings is 1. The van der Waals surface area contributed by atoms with Crippen LogP contribution in [-0.2, 0) is 4.74 Å². The number of ether oxygens (including phenoxy) is 1. The van der Waals surface area contributed by atoms with Gasteiger partial charge in [0.25, 0.3) is 0 Å². The molecule has 3 unspecified atom stereocenters. The van der Waals surface area contributed by atoms with Crippen molar-refractivity contribution in [3.63, 3.8) is 0 Å². The van der Waals surface area contributed by atoms with Crippen molar-refractivity contribution in [3.05, 3.63) is 0 Å². The molecule has 0 aromatic carbocycles. The molecule has 0 bridgehead atoms. The Balaban J connectivity index is 2.54. The van der Waals surface area contributed by atoms with Gasteiger partial charge in [0.15, 0.2) is 0 Å². The van der Waals surface area contributed by atoms with Gasteiger partial charge in [-0.15, -0.1) is 0 Å². The van der Waals surface area contributed by atoms with Crippen LogP contribution in [0.25, 0.3) is 0 Å². The fraction of sp³-hybridized carbons (Fsp3) is 1.00. The Morgan fingerprint density at radius 1 is 1.25 bits per heavy atom. The maximum atomic E-state index is 5.64. The van der Waals surface area contributed by atoms with E-state index in [1.165, 1.54) is 25.9 Å². The van der Waals surface area contributed by atoms with Crippen molar-refractivity contribution in [2.45, 2.75) is 66.0 Å². The third-order valence-electron chi connectivity index (χ3n) is 4.78. The minimum Gasteiger partial charge on any atom is -0.380 e. The van der Waals surface area contributed by atoms with Crippen LogP contribution in [0.5, 0.6) is 0 Å². The summed E-state index contributed by atoms with van der Waals surface area (Å²) >= 11 is 0. The van der Waals surface area contributed by atoms with E-state index in [1.54, 1.807) is 0 Å². The third-order valence-corrected chi connectivity index (χ3v) is 4.78. The molecule has 3 nitrogen and oxygen atoms in total. The molecule has 0 amide bonds. The van der Waals surface area contributed by atoms with Crippen molar-refractivity contribution < 1.29 is 4.74 Å². The molecule has 1 aliphatic rings. The summed E-state index contributed by atoms with van der Waals surface area (Å²) in [7, 11) is 1.85. The Kier molecular flexibility index (Phi) is 6.49. The zero-order valence-electron chi connectivity index (χ0n) is 14.8.